The number of hydrogen-bond acceptors (Lipinski definition) is 5. The van der Waals surface area contributed by atoms with Gasteiger partial charge in [0.25, 0.3) is 0 Å². The van der Waals surface area contributed by atoms with E-state index >= 15 is 0 Å². The van der Waals surface area contributed by atoms with E-state index in [0.29, 0.717) is 0 Å². The molecule has 74 valence electrons. The summed E-state index contributed by atoms with van der Waals surface area (Å²) in [6.07, 6.45) is -1.40. The lowest BCUT2D eigenvalue weighted by atomic mass is 9.91. The normalized spacial score (nSPS) is 34.1. The molecule has 0 aliphatic heterocycles. The molecule has 6 heteroatoms. The Kier molecular flexibility index (Phi) is 2.99. The fraction of sp³-hybridized carbons (Fsp3) is 0.571. The lowest BCUT2D eigenvalue weighted by Gasteiger charge is -2.28. The Balaban J connectivity index is 2.81. The molecule has 0 aromatic rings. The number of nitrogens with one attached hydrogen (secondary N) is 1. The zero-order chi connectivity index (χ0) is 10.0. The topological polar surface area (TPSA) is 110 Å². The first-order chi connectivity index (χ1) is 6.06. The molecule has 0 bridgehead atoms. The predicted octanol–water partition coefficient (Wildman–Crippen LogP) is -1.53. The summed E-state index contributed by atoms with van der Waals surface area (Å²) < 4.78 is 0. The smallest absolute Gasteiger partial charge is 0.331 e. The van der Waals surface area contributed by atoms with Gasteiger partial charge < -0.3 is 20.5 Å². The highest BCUT2D eigenvalue weighted by Crippen LogP contribution is 2.19. The van der Waals surface area contributed by atoms with Gasteiger partial charge in [-0.15, -0.1) is 0 Å². The Labute approximate surface area is 74.1 Å². The Morgan fingerprint density at radius 2 is 2.15 bits per heavy atom. The first-order valence-corrected chi connectivity index (χ1v) is 3.76. The molecule has 0 fully saturated rings. The molecule has 0 amide bonds. The van der Waals surface area contributed by atoms with Crippen molar-refractivity contribution in [3.63, 3.8) is 0 Å². The summed E-state index contributed by atoms with van der Waals surface area (Å²) in [6, 6.07) is -0.842. The predicted molar refractivity (Wildman–Crippen MR) is 41.1 cm³/mol. The first kappa shape index (κ1) is 10.1. The lowest BCUT2D eigenvalue weighted by molar-refractivity contribution is -0.133. The molecule has 13 heavy (non-hydrogen) atoms. The van der Waals surface area contributed by atoms with E-state index in [0.717, 1.165) is 6.08 Å². The Morgan fingerprint density at radius 1 is 1.54 bits per heavy atom. The van der Waals surface area contributed by atoms with Crippen LogP contribution >= 0.6 is 0 Å². The van der Waals surface area contributed by atoms with Gasteiger partial charge in [0.1, 0.15) is 12.2 Å². The summed E-state index contributed by atoms with van der Waals surface area (Å²) in [6.45, 7) is 0. The number of hydrogen-bond donors (Lipinski definition) is 5. The lowest BCUT2D eigenvalue weighted by Crippen LogP contribution is -2.47. The Bertz CT molecular complexity index is 239. The van der Waals surface area contributed by atoms with Crippen molar-refractivity contribution < 1.29 is 25.3 Å². The van der Waals surface area contributed by atoms with Crippen LogP contribution in [0.2, 0.25) is 0 Å². The largest absolute Gasteiger partial charge is 0.478 e. The third-order valence-corrected chi connectivity index (χ3v) is 2.01. The molecule has 1 aliphatic rings. The number of rotatable bonds is 2. The van der Waals surface area contributed by atoms with Gasteiger partial charge in [-0.1, -0.05) is 0 Å². The van der Waals surface area contributed by atoms with Crippen molar-refractivity contribution in [3.8, 4) is 0 Å². The molecule has 0 aromatic carbocycles. The molecule has 0 aromatic heterocycles. The monoisotopic (exact) mass is 189 g/mol. The van der Waals surface area contributed by atoms with E-state index in [4.69, 9.17) is 15.4 Å². The summed E-state index contributed by atoms with van der Waals surface area (Å²) in [5, 5.41) is 35.5. The zero-order valence-corrected chi connectivity index (χ0v) is 6.71. The standard InChI is InChI=1S/C7H11NO5/c9-5-2-3(7(11)12)1-4(8-13)6(5)10/h2,4-6,8-10,13H,1H2,(H,11,12)/t4?,5-,6+/m1/s1. The van der Waals surface area contributed by atoms with Crippen LogP contribution < -0.4 is 5.48 Å². The average molecular weight is 189 g/mol. The third-order valence-electron chi connectivity index (χ3n) is 2.01. The molecule has 1 rings (SSSR count). The van der Waals surface area contributed by atoms with Gasteiger partial charge >= 0.3 is 5.97 Å². The molecule has 6 nitrogen and oxygen atoms in total. The Morgan fingerprint density at radius 3 is 2.62 bits per heavy atom. The molecule has 0 saturated heterocycles. The summed E-state index contributed by atoms with van der Waals surface area (Å²) in [5.41, 5.74) is 1.73. The maximum atomic E-state index is 10.5. The van der Waals surface area contributed by atoms with E-state index < -0.39 is 24.2 Å². The average Bonchev–Trinajstić information content (AvgIpc) is 2.09. The molecule has 0 radical (unpaired) electrons. The van der Waals surface area contributed by atoms with Crippen LogP contribution in [0.3, 0.4) is 0 Å². The minimum Gasteiger partial charge on any atom is -0.478 e. The van der Waals surface area contributed by atoms with Crippen LogP contribution in [-0.2, 0) is 4.79 Å². The van der Waals surface area contributed by atoms with E-state index in [-0.39, 0.29) is 12.0 Å². The van der Waals surface area contributed by atoms with Crippen LogP contribution in [0, 0.1) is 0 Å². The van der Waals surface area contributed by atoms with Gasteiger partial charge in [0.05, 0.1) is 6.04 Å². The number of aliphatic hydroxyl groups is 2. The maximum absolute atomic E-state index is 10.5. The highest BCUT2D eigenvalue weighted by Gasteiger charge is 2.32. The number of hydroxylamine groups is 1. The second-order valence-electron chi connectivity index (χ2n) is 2.92. The molecule has 0 spiro atoms. The van der Waals surface area contributed by atoms with Crippen LogP contribution in [0.4, 0.5) is 0 Å². The van der Waals surface area contributed by atoms with Crippen molar-refractivity contribution in [1.82, 2.24) is 5.48 Å². The van der Waals surface area contributed by atoms with Crippen LogP contribution in [0.5, 0.6) is 0 Å². The number of aliphatic carboxylic acids is 1. The maximum Gasteiger partial charge on any atom is 0.331 e. The minimum absolute atomic E-state index is 0.0237. The highest BCUT2D eigenvalue weighted by molar-refractivity contribution is 5.87. The van der Waals surface area contributed by atoms with Gasteiger partial charge in [0, 0.05) is 5.57 Å². The van der Waals surface area contributed by atoms with Crippen LogP contribution in [0.1, 0.15) is 6.42 Å². The summed E-state index contributed by atoms with van der Waals surface area (Å²) in [4.78, 5) is 10.5. The first-order valence-electron chi connectivity index (χ1n) is 3.76. The highest BCUT2D eigenvalue weighted by atomic mass is 16.5. The van der Waals surface area contributed by atoms with Crippen molar-refractivity contribution in [2.75, 3.05) is 0 Å². The fourth-order valence-corrected chi connectivity index (χ4v) is 1.25. The van der Waals surface area contributed by atoms with Crippen LogP contribution in [-0.4, -0.2) is 44.7 Å². The number of carboxylic acids is 1. The van der Waals surface area contributed by atoms with Gasteiger partial charge in [0.2, 0.25) is 0 Å². The van der Waals surface area contributed by atoms with E-state index in [9.17, 15) is 9.90 Å². The van der Waals surface area contributed by atoms with E-state index in [1.165, 1.54) is 0 Å². The molecule has 1 aliphatic carbocycles. The van der Waals surface area contributed by atoms with Crippen molar-refractivity contribution >= 4 is 5.97 Å². The zero-order valence-electron chi connectivity index (χ0n) is 6.71. The van der Waals surface area contributed by atoms with E-state index in [1.54, 1.807) is 5.48 Å². The second kappa shape index (κ2) is 3.84. The molecule has 0 heterocycles. The molecule has 3 atom stereocenters. The molecule has 0 saturated carbocycles. The third kappa shape index (κ3) is 2.04. The number of carboxylic acid groups (broad SMARTS) is 1. The summed E-state index contributed by atoms with van der Waals surface area (Å²) >= 11 is 0. The number of aliphatic hydroxyl groups excluding tert-OH is 2. The van der Waals surface area contributed by atoms with Crippen LogP contribution in [0.15, 0.2) is 11.6 Å². The minimum atomic E-state index is -1.26. The molecule has 5 N–H and O–H groups in total. The van der Waals surface area contributed by atoms with Crippen LogP contribution in [0.25, 0.3) is 0 Å². The van der Waals surface area contributed by atoms with Gasteiger partial charge in [-0.25, -0.2) is 4.79 Å². The van der Waals surface area contributed by atoms with Gasteiger partial charge in [-0.05, 0) is 12.5 Å². The Hall–Kier alpha value is -0.950. The second-order valence-corrected chi connectivity index (χ2v) is 2.92. The van der Waals surface area contributed by atoms with Gasteiger partial charge in [-0.3, -0.25) is 0 Å². The van der Waals surface area contributed by atoms with Gasteiger partial charge in [0.15, 0.2) is 0 Å². The quantitative estimate of drug-likeness (QED) is 0.337. The van der Waals surface area contributed by atoms with Crippen molar-refractivity contribution in [2.24, 2.45) is 0 Å². The molecular formula is C7H11NO5. The SMILES string of the molecule is O=C(O)C1=C[C@@H](O)[C@@H](O)C(NO)C1. The fourth-order valence-electron chi connectivity index (χ4n) is 1.25. The number of carbonyl (C=O) groups is 1. The van der Waals surface area contributed by atoms with Crippen molar-refractivity contribution in [2.45, 2.75) is 24.7 Å². The van der Waals surface area contributed by atoms with Crippen molar-refractivity contribution in [1.29, 1.82) is 0 Å². The summed E-state index contributed by atoms with van der Waals surface area (Å²) in [5.74, 6) is -1.16. The van der Waals surface area contributed by atoms with Crippen molar-refractivity contribution in [3.05, 3.63) is 11.6 Å². The van der Waals surface area contributed by atoms with Gasteiger partial charge in [-0.2, -0.15) is 5.48 Å². The summed E-state index contributed by atoms with van der Waals surface area (Å²) in [7, 11) is 0. The van der Waals surface area contributed by atoms with E-state index in [1.807, 2.05) is 0 Å². The molecule has 1 unspecified atom stereocenters. The molecular weight excluding hydrogens is 178 g/mol. The van der Waals surface area contributed by atoms with E-state index in [2.05, 4.69) is 0 Å².